The summed E-state index contributed by atoms with van der Waals surface area (Å²) in [6.07, 6.45) is 3.13. The van der Waals surface area contributed by atoms with Crippen molar-refractivity contribution in [2.24, 2.45) is 18.7 Å². The number of primary amides is 1. The second kappa shape index (κ2) is 6.93. The number of nitrogens with two attached hydrogens (primary N) is 1. The van der Waals surface area contributed by atoms with E-state index in [4.69, 9.17) is 5.73 Å². The number of carbonyl (C=O) groups excluding carboxylic acids is 2. The molecule has 8 heteroatoms. The van der Waals surface area contributed by atoms with E-state index in [0.717, 1.165) is 0 Å². The Balaban J connectivity index is 1.79. The van der Waals surface area contributed by atoms with E-state index >= 15 is 0 Å². The molecule has 2 rings (SSSR count). The molecule has 1 atom stereocenters. The maximum absolute atomic E-state index is 11.8. The minimum absolute atomic E-state index is 0.0149. The van der Waals surface area contributed by atoms with Gasteiger partial charge in [-0.05, 0) is 25.7 Å². The average Bonchev–Trinajstić information content (AvgIpc) is 3.20. The smallest absolute Gasteiger partial charge is 0.230 e. The normalized spacial score (nSPS) is 15.7. The van der Waals surface area contributed by atoms with Crippen molar-refractivity contribution in [3.63, 3.8) is 0 Å². The summed E-state index contributed by atoms with van der Waals surface area (Å²) in [5.41, 5.74) is 5.12. The highest BCUT2D eigenvalue weighted by atomic mass is 32.2. The molecule has 0 bridgehead atoms. The highest BCUT2D eigenvalue weighted by molar-refractivity contribution is 7.99. The zero-order valence-corrected chi connectivity index (χ0v) is 13.2. The van der Waals surface area contributed by atoms with E-state index in [1.807, 2.05) is 14.0 Å². The van der Waals surface area contributed by atoms with Gasteiger partial charge in [0, 0.05) is 25.9 Å². The first-order valence-electron chi connectivity index (χ1n) is 7.06. The first-order valence-corrected chi connectivity index (χ1v) is 8.04. The fraction of sp³-hybridized carbons (Fsp3) is 0.692. The maximum Gasteiger partial charge on any atom is 0.230 e. The molecule has 0 radical (unpaired) electrons. The van der Waals surface area contributed by atoms with E-state index in [2.05, 4.69) is 15.5 Å². The van der Waals surface area contributed by atoms with Crippen molar-refractivity contribution in [2.45, 2.75) is 43.8 Å². The van der Waals surface area contributed by atoms with Gasteiger partial charge in [-0.3, -0.25) is 9.59 Å². The van der Waals surface area contributed by atoms with Crippen LogP contribution < -0.4 is 11.1 Å². The molecule has 0 unspecified atom stereocenters. The lowest BCUT2D eigenvalue weighted by Gasteiger charge is -2.12. The number of amides is 2. The van der Waals surface area contributed by atoms with Crippen LogP contribution in [0, 0.1) is 5.92 Å². The highest BCUT2D eigenvalue weighted by Gasteiger charge is 2.28. The Hall–Kier alpha value is -1.57. The highest BCUT2D eigenvalue weighted by Crippen LogP contribution is 2.32. The van der Waals surface area contributed by atoms with Gasteiger partial charge in [0.25, 0.3) is 0 Å². The summed E-state index contributed by atoms with van der Waals surface area (Å²) in [5, 5.41) is 11.7. The monoisotopic (exact) mass is 311 g/mol. The van der Waals surface area contributed by atoms with E-state index < -0.39 is 0 Å². The molecule has 1 heterocycles. The quantitative estimate of drug-likeness (QED) is 0.669. The molecule has 1 saturated carbocycles. The van der Waals surface area contributed by atoms with Crippen LogP contribution in [0.15, 0.2) is 5.16 Å². The number of nitrogens with one attached hydrogen (secondary N) is 1. The molecule has 0 aliphatic heterocycles. The number of aromatic nitrogens is 3. The fourth-order valence-electron chi connectivity index (χ4n) is 2.06. The van der Waals surface area contributed by atoms with Crippen LogP contribution >= 0.6 is 11.8 Å². The fourth-order valence-corrected chi connectivity index (χ4v) is 2.80. The Kier molecular flexibility index (Phi) is 5.22. The van der Waals surface area contributed by atoms with Gasteiger partial charge in [0.15, 0.2) is 5.16 Å². The van der Waals surface area contributed by atoms with Crippen LogP contribution in [0.25, 0.3) is 0 Å². The molecule has 0 spiro atoms. The number of hydrogen-bond donors (Lipinski definition) is 2. The summed E-state index contributed by atoms with van der Waals surface area (Å²) in [4.78, 5) is 22.6. The minimum atomic E-state index is -0.361. The van der Waals surface area contributed by atoms with Gasteiger partial charge in [-0.2, -0.15) is 0 Å². The predicted molar refractivity (Wildman–Crippen MR) is 79.6 cm³/mol. The predicted octanol–water partition coefficient (Wildman–Crippen LogP) is 0.240. The summed E-state index contributed by atoms with van der Waals surface area (Å²) >= 11 is 1.35. The molecule has 1 aromatic rings. The van der Waals surface area contributed by atoms with E-state index in [9.17, 15) is 9.59 Å². The molecule has 1 aliphatic rings. The van der Waals surface area contributed by atoms with Crippen molar-refractivity contribution < 1.29 is 9.59 Å². The maximum atomic E-state index is 11.8. The Bertz CT molecular complexity index is 527. The van der Waals surface area contributed by atoms with E-state index in [1.54, 1.807) is 4.57 Å². The van der Waals surface area contributed by atoms with Gasteiger partial charge in [0.05, 0.1) is 5.75 Å². The van der Waals surface area contributed by atoms with Gasteiger partial charge in [-0.1, -0.05) is 11.8 Å². The molecule has 1 aliphatic carbocycles. The van der Waals surface area contributed by atoms with Gasteiger partial charge in [-0.15, -0.1) is 10.2 Å². The molecule has 0 saturated heterocycles. The topological polar surface area (TPSA) is 103 Å². The van der Waals surface area contributed by atoms with Gasteiger partial charge in [-0.25, -0.2) is 0 Å². The van der Waals surface area contributed by atoms with E-state index in [-0.39, 0.29) is 24.3 Å². The van der Waals surface area contributed by atoms with Crippen LogP contribution in [-0.4, -0.2) is 38.4 Å². The Morgan fingerprint density at radius 3 is 2.81 bits per heavy atom. The zero-order chi connectivity index (χ0) is 15.4. The number of rotatable bonds is 8. The first-order chi connectivity index (χ1) is 9.97. The molecule has 21 heavy (non-hydrogen) atoms. The summed E-state index contributed by atoms with van der Waals surface area (Å²) in [7, 11) is 1.82. The van der Waals surface area contributed by atoms with E-state index in [1.165, 1.54) is 24.6 Å². The van der Waals surface area contributed by atoms with E-state index in [0.29, 0.717) is 29.1 Å². The zero-order valence-electron chi connectivity index (χ0n) is 12.3. The third kappa shape index (κ3) is 4.73. The second-order valence-corrected chi connectivity index (χ2v) is 6.35. The van der Waals surface area contributed by atoms with Gasteiger partial charge < -0.3 is 15.6 Å². The summed E-state index contributed by atoms with van der Waals surface area (Å²) in [6, 6.07) is 0.253. The van der Waals surface area contributed by atoms with Crippen LogP contribution in [0.2, 0.25) is 0 Å². The van der Waals surface area contributed by atoms with Crippen LogP contribution in [0.4, 0.5) is 0 Å². The SMILES string of the molecule is C[C@H](NC(=O)CSc1nnc(CCC(N)=O)n1C)C1CC1. The van der Waals surface area contributed by atoms with Crippen molar-refractivity contribution >= 4 is 23.6 Å². The second-order valence-electron chi connectivity index (χ2n) is 5.41. The molecular formula is C13H21N5O2S. The third-order valence-electron chi connectivity index (χ3n) is 3.57. The van der Waals surface area contributed by atoms with Gasteiger partial charge in [0.2, 0.25) is 11.8 Å². The van der Waals surface area contributed by atoms with Gasteiger partial charge >= 0.3 is 0 Å². The first kappa shape index (κ1) is 15.8. The summed E-state index contributed by atoms with van der Waals surface area (Å²) < 4.78 is 1.80. The molecule has 1 fully saturated rings. The average molecular weight is 311 g/mol. The molecule has 1 aromatic heterocycles. The standard InChI is InChI=1S/C13H21N5O2S/c1-8(9-3-4-9)15-12(20)7-21-13-17-16-11(18(13)2)6-5-10(14)19/h8-9H,3-7H2,1-2H3,(H2,14,19)(H,15,20)/t8-/m0/s1. The molecule has 0 aromatic carbocycles. The van der Waals surface area contributed by atoms with Crippen LogP contribution in [0.1, 0.15) is 32.0 Å². The van der Waals surface area contributed by atoms with Crippen molar-refractivity contribution in [3.05, 3.63) is 5.82 Å². The van der Waals surface area contributed by atoms with Crippen molar-refractivity contribution in [1.29, 1.82) is 0 Å². The molecule has 7 nitrogen and oxygen atoms in total. The largest absolute Gasteiger partial charge is 0.370 e. The van der Waals surface area contributed by atoms with Crippen molar-refractivity contribution in [2.75, 3.05) is 5.75 Å². The summed E-state index contributed by atoms with van der Waals surface area (Å²) in [5.74, 6) is 1.32. The minimum Gasteiger partial charge on any atom is -0.370 e. The number of hydrogen-bond acceptors (Lipinski definition) is 5. The lowest BCUT2D eigenvalue weighted by atomic mass is 10.2. The van der Waals surface area contributed by atoms with Gasteiger partial charge in [0.1, 0.15) is 5.82 Å². The lowest BCUT2D eigenvalue weighted by Crippen LogP contribution is -2.35. The Morgan fingerprint density at radius 2 is 2.19 bits per heavy atom. The molecule has 2 amide bonds. The molecule has 116 valence electrons. The third-order valence-corrected chi connectivity index (χ3v) is 4.59. The number of carbonyl (C=O) groups is 2. The van der Waals surface area contributed by atoms with Crippen LogP contribution in [0.3, 0.4) is 0 Å². The number of aryl methyl sites for hydroxylation is 1. The number of nitrogens with zero attached hydrogens (tertiary/aromatic N) is 3. The Labute approximate surface area is 128 Å². The van der Waals surface area contributed by atoms with Crippen molar-refractivity contribution in [1.82, 2.24) is 20.1 Å². The molecular weight excluding hydrogens is 290 g/mol. The van der Waals surface area contributed by atoms with Crippen molar-refractivity contribution in [3.8, 4) is 0 Å². The summed E-state index contributed by atoms with van der Waals surface area (Å²) in [6.45, 7) is 2.05. The number of thioether (sulfide) groups is 1. The van der Waals surface area contributed by atoms with Crippen LogP contribution in [-0.2, 0) is 23.1 Å². The Morgan fingerprint density at radius 1 is 1.48 bits per heavy atom. The lowest BCUT2D eigenvalue weighted by molar-refractivity contribution is -0.119. The van der Waals surface area contributed by atoms with Crippen LogP contribution in [0.5, 0.6) is 0 Å². The molecule has 3 N–H and O–H groups in total.